The molecule has 0 heterocycles. The van der Waals surface area contributed by atoms with E-state index in [2.05, 4.69) is 12.2 Å². The van der Waals surface area contributed by atoms with Crippen LogP contribution >= 0.6 is 0 Å². The third kappa shape index (κ3) is 4.32. The van der Waals surface area contributed by atoms with Crippen LogP contribution in [0, 0.1) is 12.7 Å². The van der Waals surface area contributed by atoms with Crippen LogP contribution in [-0.4, -0.2) is 6.54 Å². The van der Waals surface area contributed by atoms with Crippen molar-refractivity contribution in [1.82, 2.24) is 0 Å². The van der Waals surface area contributed by atoms with E-state index in [1.54, 1.807) is 13.0 Å². The zero-order valence-corrected chi connectivity index (χ0v) is 9.65. The van der Waals surface area contributed by atoms with Crippen LogP contribution in [0.25, 0.3) is 0 Å². The van der Waals surface area contributed by atoms with E-state index in [-0.39, 0.29) is 5.82 Å². The first kappa shape index (κ1) is 12.0. The van der Waals surface area contributed by atoms with Crippen LogP contribution < -0.4 is 5.32 Å². The Balaban J connectivity index is 2.28. The average Bonchev–Trinajstić information content (AvgIpc) is 2.23. The van der Waals surface area contributed by atoms with Gasteiger partial charge in [-0.1, -0.05) is 26.2 Å². The summed E-state index contributed by atoms with van der Waals surface area (Å²) in [6.07, 6.45) is 5.01. The Morgan fingerprint density at radius 3 is 2.67 bits per heavy atom. The molecule has 0 saturated heterocycles. The highest BCUT2D eigenvalue weighted by molar-refractivity contribution is 5.45. The minimum atomic E-state index is -0.133. The van der Waals surface area contributed by atoms with E-state index in [1.807, 2.05) is 6.07 Å². The molecule has 1 aromatic rings. The largest absolute Gasteiger partial charge is 0.385 e. The van der Waals surface area contributed by atoms with E-state index >= 15 is 0 Å². The third-order valence-corrected chi connectivity index (χ3v) is 2.52. The Kier molecular flexibility index (Phi) is 5.16. The van der Waals surface area contributed by atoms with Gasteiger partial charge < -0.3 is 5.32 Å². The van der Waals surface area contributed by atoms with Gasteiger partial charge in [-0.15, -0.1) is 0 Å². The molecule has 0 radical (unpaired) electrons. The first-order valence-corrected chi connectivity index (χ1v) is 5.74. The summed E-state index contributed by atoms with van der Waals surface area (Å²) in [7, 11) is 0. The lowest BCUT2D eigenvalue weighted by Crippen LogP contribution is -2.01. The zero-order chi connectivity index (χ0) is 11.1. The highest BCUT2D eigenvalue weighted by Gasteiger charge is 1.97. The van der Waals surface area contributed by atoms with Crippen molar-refractivity contribution in [2.75, 3.05) is 11.9 Å². The highest BCUT2D eigenvalue weighted by atomic mass is 19.1. The number of nitrogens with one attached hydrogen (secondary N) is 1. The summed E-state index contributed by atoms with van der Waals surface area (Å²) in [6.45, 7) is 4.97. The van der Waals surface area contributed by atoms with Crippen molar-refractivity contribution >= 4 is 5.69 Å². The van der Waals surface area contributed by atoms with Gasteiger partial charge in [-0.3, -0.25) is 0 Å². The molecule has 15 heavy (non-hydrogen) atoms. The monoisotopic (exact) mass is 209 g/mol. The van der Waals surface area contributed by atoms with Gasteiger partial charge in [-0.2, -0.15) is 0 Å². The molecule has 0 aromatic heterocycles. The third-order valence-electron chi connectivity index (χ3n) is 2.52. The topological polar surface area (TPSA) is 12.0 Å². The number of aryl methyl sites for hydroxylation is 1. The van der Waals surface area contributed by atoms with Gasteiger partial charge >= 0.3 is 0 Å². The fourth-order valence-electron chi connectivity index (χ4n) is 1.54. The lowest BCUT2D eigenvalue weighted by atomic mass is 10.2. The normalized spacial score (nSPS) is 10.3. The Bertz CT molecular complexity index is 297. The molecular weight excluding hydrogens is 189 g/mol. The van der Waals surface area contributed by atoms with Gasteiger partial charge in [0.2, 0.25) is 0 Å². The maximum atomic E-state index is 13.0. The van der Waals surface area contributed by atoms with Crippen molar-refractivity contribution in [3.63, 3.8) is 0 Å². The Morgan fingerprint density at radius 1 is 1.20 bits per heavy atom. The molecule has 0 saturated carbocycles. The van der Waals surface area contributed by atoms with Crippen molar-refractivity contribution in [3.05, 3.63) is 29.6 Å². The number of unbranched alkanes of at least 4 members (excludes halogenated alkanes) is 3. The van der Waals surface area contributed by atoms with Gasteiger partial charge in [-0.25, -0.2) is 4.39 Å². The minimum absolute atomic E-state index is 0.133. The van der Waals surface area contributed by atoms with Crippen molar-refractivity contribution in [1.29, 1.82) is 0 Å². The maximum absolute atomic E-state index is 13.0. The Morgan fingerprint density at radius 2 is 2.00 bits per heavy atom. The molecule has 0 atom stereocenters. The number of hydrogen-bond acceptors (Lipinski definition) is 1. The van der Waals surface area contributed by atoms with Gasteiger partial charge in [0.05, 0.1) is 0 Å². The zero-order valence-electron chi connectivity index (χ0n) is 9.65. The minimum Gasteiger partial charge on any atom is -0.385 e. The van der Waals surface area contributed by atoms with Gasteiger partial charge in [0.1, 0.15) is 5.82 Å². The van der Waals surface area contributed by atoms with Gasteiger partial charge in [0, 0.05) is 12.2 Å². The summed E-state index contributed by atoms with van der Waals surface area (Å²) in [6, 6.07) is 5.17. The molecule has 0 fully saturated rings. The summed E-state index contributed by atoms with van der Waals surface area (Å²) < 4.78 is 13.0. The average molecular weight is 209 g/mol. The van der Waals surface area contributed by atoms with Crippen LogP contribution in [0.15, 0.2) is 18.2 Å². The molecule has 1 aromatic carbocycles. The van der Waals surface area contributed by atoms with Crippen molar-refractivity contribution < 1.29 is 4.39 Å². The second kappa shape index (κ2) is 6.44. The lowest BCUT2D eigenvalue weighted by Gasteiger charge is -2.07. The second-order valence-electron chi connectivity index (χ2n) is 3.95. The molecule has 0 aliphatic carbocycles. The van der Waals surface area contributed by atoms with Crippen LogP contribution in [-0.2, 0) is 0 Å². The van der Waals surface area contributed by atoms with Crippen LogP contribution in [0.5, 0.6) is 0 Å². The number of rotatable bonds is 6. The summed E-state index contributed by atoms with van der Waals surface area (Å²) in [5.74, 6) is -0.133. The molecular formula is C13H20FN. The number of anilines is 1. The molecule has 0 aliphatic heterocycles. The summed E-state index contributed by atoms with van der Waals surface area (Å²) in [5, 5.41) is 3.30. The Hall–Kier alpha value is -1.05. The summed E-state index contributed by atoms with van der Waals surface area (Å²) >= 11 is 0. The lowest BCUT2D eigenvalue weighted by molar-refractivity contribution is 0.618. The number of hydrogen-bond donors (Lipinski definition) is 1. The summed E-state index contributed by atoms with van der Waals surface area (Å²) in [5.41, 5.74) is 1.72. The second-order valence-corrected chi connectivity index (χ2v) is 3.95. The smallest absolute Gasteiger partial charge is 0.126 e. The molecule has 0 unspecified atom stereocenters. The van der Waals surface area contributed by atoms with E-state index in [0.29, 0.717) is 5.56 Å². The van der Waals surface area contributed by atoms with Crippen LogP contribution in [0.1, 0.15) is 38.2 Å². The number of benzene rings is 1. The van der Waals surface area contributed by atoms with E-state index in [4.69, 9.17) is 0 Å². The van der Waals surface area contributed by atoms with Crippen molar-refractivity contribution in [2.45, 2.75) is 39.5 Å². The molecule has 1 nitrogen and oxygen atoms in total. The maximum Gasteiger partial charge on any atom is 0.126 e. The quantitative estimate of drug-likeness (QED) is 0.695. The molecule has 0 amide bonds. The molecule has 2 heteroatoms. The van der Waals surface area contributed by atoms with Crippen molar-refractivity contribution in [2.24, 2.45) is 0 Å². The fourth-order valence-corrected chi connectivity index (χ4v) is 1.54. The summed E-state index contributed by atoms with van der Waals surface area (Å²) in [4.78, 5) is 0. The molecule has 1 N–H and O–H groups in total. The van der Waals surface area contributed by atoms with Crippen molar-refractivity contribution in [3.8, 4) is 0 Å². The van der Waals surface area contributed by atoms with E-state index in [0.717, 1.165) is 12.2 Å². The van der Waals surface area contributed by atoms with Gasteiger partial charge in [0.15, 0.2) is 0 Å². The van der Waals surface area contributed by atoms with E-state index in [1.165, 1.54) is 31.7 Å². The van der Waals surface area contributed by atoms with Crippen LogP contribution in [0.2, 0.25) is 0 Å². The predicted molar refractivity (Wildman–Crippen MR) is 63.8 cm³/mol. The van der Waals surface area contributed by atoms with E-state index in [9.17, 15) is 4.39 Å². The standard InChI is InChI=1S/C13H20FN/c1-3-4-5-6-9-15-12-7-8-13(14)11(2)10-12/h7-8,10,15H,3-6,9H2,1-2H3. The molecule has 1 rings (SSSR count). The molecule has 0 spiro atoms. The molecule has 0 aliphatic rings. The van der Waals surface area contributed by atoms with Crippen LogP contribution in [0.3, 0.4) is 0 Å². The van der Waals surface area contributed by atoms with E-state index < -0.39 is 0 Å². The number of halogens is 1. The first-order valence-electron chi connectivity index (χ1n) is 5.74. The Labute approximate surface area is 91.7 Å². The van der Waals surface area contributed by atoms with Gasteiger partial charge in [0.25, 0.3) is 0 Å². The highest BCUT2D eigenvalue weighted by Crippen LogP contribution is 2.13. The SMILES string of the molecule is CCCCCCNc1ccc(F)c(C)c1. The fraction of sp³-hybridized carbons (Fsp3) is 0.538. The first-order chi connectivity index (χ1) is 7.24. The molecule has 0 bridgehead atoms. The molecule has 84 valence electrons. The predicted octanol–water partition coefficient (Wildman–Crippen LogP) is 4.13. The van der Waals surface area contributed by atoms with Crippen LogP contribution in [0.4, 0.5) is 10.1 Å². The van der Waals surface area contributed by atoms with Gasteiger partial charge in [-0.05, 0) is 37.1 Å².